The molecule has 0 spiro atoms. The number of likely N-dealkylation sites (N-methyl/N-ethyl adjacent to an activating group) is 1. The van der Waals surface area contributed by atoms with E-state index in [4.69, 9.17) is 11.6 Å². The molecule has 0 radical (unpaired) electrons. The van der Waals surface area contributed by atoms with Gasteiger partial charge in [-0.15, -0.1) is 0 Å². The van der Waals surface area contributed by atoms with Crippen molar-refractivity contribution in [1.29, 1.82) is 5.26 Å². The van der Waals surface area contributed by atoms with Gasteiger partial charge in [0, 0.05) is 25.2 Å². The van der Waals surface area contributed by atoms with Crippen LogP contribution in [0.5, 0.6) is 0 Å². The van der Waals surface area contributed by atoms with Crippen molar-refractivity contribution < 1.29 is 17.7 Å². The summed E-state index contributed by atoms with van der Waals surface area (Å²) >= 11 is 7.52. The van der Waals surface area contributed by atoms with E-state index in [0.29, 0.717) is 18.1 Å². The van der Waals surface area contributed by atoms with E-state index in [1.807, 2.05) is 11.9 Å². The summed E-state index contributed by atoms with van der Waals surface area (Å²) in [7, 11) is -0.127. The van der Waals surface area contributed by atoms with Crippen LogP contribution in [0, 0.1) is 11.3 Å². The van der Waals surface area contributed by atoms with Gasteiger partial charge in [-0.2, -0.15) is 5.26 Å². The first-order chi connectivity index (χ1) is 16.7. The Morgan fingerprint density at radius 3 is 2.60 bits per heavy atom. The molecular weight excluding hydrogens is 504 g/mol. The molecule has 1 atom stereocenters. The van der Waals surface area contributed by atoms with Crippen molar-refractivity contribution in [2.24, 2.45) is 4.99 Å². The van der Waals surface area contributed by atoms with Crippen LogP contribution in [-0.4, -0.2) is 67.2 Å². The predicted octanol–water partition coefficient (Wildman–Crippen LogP) is 4.58. The van der Waals surface area contributed by atoms with Crippen molar-refractivity contribution in [3.8, 4) is 6.07 Å². The molecule has 10 heteroatoms. The Labute approximate surface area is 215 Å². The fourth-order valence-electron chi connectivity index (χ4n) is 4.95. The van der Waals surface area contributed by atoms with Crippen LogP contribution in [0.3, 0.4) is 0 Å². The lowest BCUT2D eigenvalue weighted by atomic mass is 10.1. The van der Waals surface area contributed by atoms with Gasteiger partial charge in [-0.25, -0.2) is 17.7 Å². The summed E-state index contributed by atoms with van der Waals surface area (Å²) in [6.07, 6.45) is 4.19. The van der Waals surface area contributed by atoms with Crippen molar-refractivity contribution in [3.05, 3.63) is 53.2 Å². The molecule has 1 amide bonds. The maximum Gasteiger partial charge on any atom is 0.315 e. The summed E-state index contributed by atoms with van der Waals surface area (Å²) in [4.78, 5) is 20.2. The first-order valence-electron chi connectivity index (χ1n) is 11.5. The number of halogens is 1. The fraction of sp³-hybridized carbons (Fsp3) is 0.400. The molecule has 1 unspecified atom stereocenters. The summed E-state index contributed by atoms with van der Waals surface area (Å²) in [6, 6.07) is 12.4. The van der Waals surface area contributed by atoms with Crippen LogP contribution in [0.4, 0.5) is 0 Å². The highest BCUT2D eigenvalue weighted by Gasteiger charge is 2.52. The van der Waals surface area contributed by atoms with Crippen molar-refractivity contribution in [2.75, 3.05) is 32.9 Å². The number of amides is 1. The Bertz CT molecular complexity index is 1360. The molecule has 7 nitrogen and oxygen atoms in total. The normalized spacial score (nSPS) is 22.6. The number of carbonyl (C=O) groups is 1. The number of thioether (sulfide) groups is 1. The van der Waals surface area contributed by atoms with E-state index in [2.05, 4.69) is 11.1 Å². The number of aliphatic imine (C=N–C) groups is 1. The molecule has 2 aromatic rings. The molecule has 2 aromatic carbocycles. The highest BCUT2D eigenvalue weighted by Crippen LogP contribution is 2.42. The third-order valence-corrected chi connectivity index (χ3v) is 10.3. The predicted molar refractivity (Wildman–Crippen MR) is 141 cm³/mol. The highest BCUT2D eigenvalue weighted by atomic mass is 35.5. The summed E-state index contributed by atoms with van der Waals surface area (Å²) in [5.74, 6) is -0.364. The number of hydrogen-bond acceptors (Lipinski definition) is 6. The maximum absolute atomic E-state index is 13.8. The number of sulfone groups is 1. The lowest BCUT2D eigenvalue weighted by Gasteiger charge is -2.43. The molecule has 35 heavy (non-hydrogen) atoms. The second-order valence-corrected chi connectivity index (χ2v) is 12.5. The molecule has 2 aliphatic rings. The average Bonchev–Trinajstić information content (AvgIpc) is 3.18. The minimum absolute atomic E-state index is 0.0831. The van der Waals surface area contributed by atoms with Gasteiger partial charge in [0.1, 0.15) is 5.70 Å². The zero-order valence-corrected chi connectivity index (χ0v) is 22.2. The number of benzene rings is 2. The number of amidine groups is 1. The monoisotopic (exact) mass is 531 g/mol. The minimum Gasteiger partial charge on any atom is -0.321 e. The van der Waals surface area contributed by atoms with Gasteiger partial charge in [0.2, 0.25) is 0 Å². The van der Waals surface area contributed by atoms with Crippen molar-refractivity contribution in [1.82, 2.24) is 4.90 Å². The smallest absolute Gasteiger partial charge is 0.315 e. The molecule has 2 saturated heterocycles. The first kappa shape index (κ1) is 25.7. The van der Waals surface area contributed by atoms with E-state index < -0.39 is 9.84 Å². The summed E-state index contributed by atoms with van der Waals surface area (Å²) < 4.78 is 26.5. The van der Waals surface area contributed by atoms with E-state index in [1.54, 1.807) is 43.4 Å². The average molecular weight is 532 g/mol. The second-order valence-electron chi connectivity index (χ2n) is 8.89. The number of rotatable bonds is 5. The van der Waals surface area contributed by atoms with E-state index >= 15 is 0 Å². The Balaban J connectivity index is 1.60. The fourth-order valence-corrected chi connectivity index (χ4v) is 7.84. The van der Waals surface area contributed by atoms with Crippen LogP contribution in [0.25, 0.3) is 10.8 Å². The van der Waals surface area contributed by atoms with Gasteiger partial charge < -0.3 is 4.90 Å². The van der Waals surface area contributed by atoms with Crippen molar-refractivity contribution >= 4 is 55.0 Å². The molecule has 2 aliphatic heterocycles. The Hall–Kier alpha value is -2.38. The van der Waals surface area contributed by atoms with E-state index in [0.717, 1.165) is 40.9 Å². The quantitative estimate of drug-likeness (QED) is 0.414. The summed E-state index contributed by atoms with van der Waals surface area (Å²) in [5.41, 5.74) is 0.740. The standard InChI is InChI=1S/C25H28ClN4O3S2/c1-28-25-29(2)22(10-12-27)24(34-25)30(13-4-3-5-14-30)23(31)11-15-35(32,33)21-9-7-18-16-20(26)8-6-19(18)17-21/h6-10,16-17,24H,3-5,11,13-15H2,1-2H3/q+1/b22-10+,28-25-. The van der Waals surface area contributed by atoms with Gasteiger partial charge in [0.05, 0.1) is 36.2 Å². The molecule has 0 N–H and O–H groups in total. The lowest BCUT2D eigenvalue weighted by molar-refractivity contribution is -0.864. The number of hydrogen-bond donors (Lipinski definition) is 0. The van der Waals surface area contributed by atoms with Gasteiger partial charge in [-0.1, -0.05) is 23.7 Å². The SMILES string of the molecule is C/N=C1\SC([N+]2(C(=O)CCS(=O)(=O)c3ccc4cc(Cl)ccc4c3)CCCCC2)/C(=C\C#N)N1C. The zero-order valence-electron chi connectivity index (χ0n) is 19.8. The number of nitriles is 1. The van der Waals surface area contributed by atoms with E-state index in [1.165, 1.54) is 17.8 Å². The summed E-state index contributed by atoms with van der Waals surface area (Å²) in [6.45, 7) is 1.25. The van der Waals surface area contributed by atoms with E-state index in [9.17, 15) is 18.5 Å². The van der Waals surface area contributed by atoms with Crippen LogP contribution in [0.1, 0.15) is 25.7 Å². The van der Waals surface area contributed by atoms with Crippen molar-refractivity contribution in [2.45, 2.75) is 36.0 Å². The largest absolute Gasteiger partial charge is 0.321 e. The molecule has 184 valence electrons. The molecule has 0 aliphatic carbocycles. The van der Waals surface area contributed by atoms with Gasteiger partial charge in [0.25, 0.3) is 0 Å². The van der Waals surface area contributed by atoms with Crippen LogP contribution in [0.15, 0.2) is 58.1 Å². The highest BCUT2D eigenvalue weighted by molar-refractivity contribution is 8.14. The molecule has 4 rings (SSSR count). The van der Waals surface area contributed by atoms with Crippen LogP contribution >= 0.6 is 23.4 Å². The van der Waals surface area contributed by atoms with Crippen LogP contribution < -0.4 is 0 Å². The van der Waals surface area contributed by atoms with Gasteiger partial charge in [0.15, 0.2) is 20.4 Å². The Kier molecular flexibility index (Phi) is 7.57. The van der Waals surface area contributed by atoms with Gasteiger partial charge in [-0.05, 0) is 66.1 Å². The molecule has 0 bridgehead atoms. The summed E-state index contributed by atoms with van der Waals surface area (Å²) in [5, 5.41) is 12.1. The zero-order chi connectivity index (χ0) is 25.2. The molecular formula is C25H28ClN4O3S2+. The number of carbonyl (C=O) groups excluding carboxylic acids is 1. The third-order valence-electron chi connectivity index (χ3n) is 6.83. The molecule has 0 saturated carbocycles. The molecule has 2 heterocycles. The van der Waals surface area contributed by atoms with Gasteiger partial charge >= 0.3 is 5.91 Å². The number of allylic oxidation sites excluding steroid dienone is 1. The Morgan fingerprint density at radius 1 is 1.23 bits per heavy atom. The van der Waals surface area contributed by atoms with Crippen molar-refractivity contribution in [3.63, 3.8) is 0 Å². The number of fused-ring (bicyclic) bond motifs is 1. The third kappa shape index (κ3) is 4.98. The Morgan fingerprint density at radius 2 is 1.91 bits per heavy atom. The molecule has 2 fully saturated rings. The topological polar surface area (TPSA) is 90.6 Å². The van der Waals surface area contributed by atoms with Gasteiger partial charge in [-0.3, -0.25) is 4.99 Å². The number of nitrogens with zero attached hydrogens (tertiary/aromatic N) is 4. The minimum atomic E-state index is -3.67. The number of quaternary nitrogens is 1. The first-order valence-corrected chi connectivity index (χ1v) is 14.4. The van der Waals surface area contributed by atoms with Crippen LogP contribution in [0.2, 0.25) is 5.02 Å². The van der Waals surface area contributed by atoms with E-state index in [-0.39, 0.29) is 32.8 Å². The maximum atomic E-state index is 13.8. The van der Waals surface area contributed by atoms with Crippen LogP contribution in [-0.2, 0) is 14.6 Å². The number of likely N-dealkylation sites (tertiary alicyclic amines) is 1. The molecule has 0 aromatic heterocycles. The lowest BCUT2D eigenvalue weighted by Crippen LogP contribution is -2.61. The number of piperidine rings is 1. The second kappa shape index (κ2) is 10.3.